The molecule has 35 heavy (non-hydrogen) atoms. The molecule has 0 aliphatic carbocycles. The molecule has 1 atom stereocenters. The second-order valence-electron chi connectivity index (χ2n) is 8.14. The molecule has 0 bridgehead atoms. The van der Waals surface area contributed by atoms with Crippen LogP contribution in [-0.2, 0) is 20.9 Å². The van der Waals surface area contributed by atoms with E-state index in [0.717, 1.165) is 29.2 Å². The fourth-order valence-electron chi connectivity index (χ4n) is 4.00. The second-order valence-corrected chi connectivity index (χ2v) is 8.55. The Balaban J connectivity index is 1.41. The van der Waals surface area contributed by atoms with Crippen LogP contribution in [0.25, 0.3) is 0 Å². The standard InChI is InChI=1S/C25H25ClFN3O5/c1-2-34-22-12-21(30-23(31)7-8-24(30)32)20(26)11-19(22)25(33)28-13-18-15-29(9-10-35-18)14-16-3-5-17(27)6-4-16/h3-8,11-12,18H,2,9-10,13-15H2,1H3,(H,28,33). The number of hydrogen-bond donors (Lipinski definition) is 1. The van der Waals surface area contributed by atoms with E-state index in [9.17, 15) is 18.8 Å². The van der Waals surface area contributed by atoms with Crippen molar-refractivity contribution >= 4 is 35.0 Å². The van der Waals surface area contributed by atoms with Crippen LogP contribution in [0.4, 0.5) is 10.1 Å². The van der Waals surface area contributed by atoms with Gasteiger partial charge in [0.2, 0.25) is 0 Å². The molecule has 1 N–H and O–H groups in total. The van der Waals surface area contributed by atoms with Crippen molar-refractivity contribution in [1.29, 1.82) is 0 Å². The minimum atomic E-state index is -0.517. The monoisotopic (exact) mass is 501 g/mol. The number of rotatable bonds is 8. The Bertz CT molecular complexity index is 1140. The van der Waals surface area contributed by atoms with E-state index in [1.807, 2.05) is 0 Å². The topological polar surface area (TPSA) is 88.2 Å². The Morgan fingerprint density at radius 1 is 1.20 bits per heavy atom. The maximum absolute atomic E-state index is 13.2. The number of morpholine rings is 1. The van der Waals surface area contributed by atoms with E-state index in [1.165, 1.54) is 24.3 Å². The van der Waals surface area contributed by atoms with Gasteiger partial charge in [-0.05, 0) is 30.7 Å². The van der Waals surface area contributed by atoms with E-state index < -0.39 is 17.7 Å². The van der Waals surface area contributed by atoms with Crippen LogP contribution in [-0.4, -0.2) is 61.6 Å². The van der Waals surface area contributed by atoms with Gasteiger partial charge in [0.25, 0.3) is 17.7 Å². The summed E-state index contributed by atoms with van der Waals surface area (Å²) in [5.74, 6) is -1.52. The van der Waals surface area contributed by atoms with Crippen molar-refractivity contribution in [2.24, 2.45) is 0 Å². The lowest BCUT2D eigenvalue weighted by molar-refractivity contribution is -0.119. The molecule has 1 saturated heterocycles. The van der Waals surface area contributed by atoms with Crippen molar-refractivity contribution in [3.8, 4) is 5.75 Å². The highest BCUT2D eigenvalue weighted by atomic mass is 35.5. The lowest BCUT2D eigenvalue weighted by atomic mass is 10.1. The van der Waals surface area contributed by atoms with Gasteiger partial charge >= 0.3 is 0 Å². The molecule has 1 unspecified atom stereocenters. The number of carbonyl (C=O) groups excluding carboxylic acids is 3. The summed E-state index contributed by atoms with van der Waals surface area (Å²) in [4.78, 5) is 40.2. The molecule has 0 saturated carbocycles. The van der Waals surface area contributed by atoms with Crippen molar-refractivity contribution in [1.82, 2.24) is 10.2 Å². The van der Waals surface area contributed by atoms with E-state index in [1.54, 1.807) is 19.1 Å². The van der Waals surface area contributed by atoms with Gasteiger partial charge in [0.1, 0.15) is 11.6 Å². The zero-order valence-corrected chi connectivity index (χ0v) is 19.9. The van der Waals surface area contributed by atoms with Crippen LogP contribution < -0.4 is 15.0 Å². The highest BCUT2D eigenvalue weighted by Gasteiger charge is 2.29. The van der Waals surface area contributed by atoms with Gasteiger partial charge in [-0.15, -0.1) is 0 Å². The molecule has 0 spiro atoms. The highest BCUT2D eigenvalue weighted by Crippen LogP contribution is 2.35. The van der Waals surface area contributed by atoms with Gasteiger partial charge in [-0.1, -0.05) is 23.7 Å². The third-order valence-corrected chi connectivity index (χ3v) is 5.98. The number of carbonyl (C=O) groups is 3. The second kappa shape index (κ2) is 11.0. The molecule has 2 aromatic rings. The Hall–Kier alpha value is -3.27. The summed E-state index contributed by atoms with van der Waals surface area (Å²) < 4.78 is 24.6. The SMILES string of the molecule is CCOc1cc(N2C(=O)C=CC2=O)c(Cl)cc1C(=O)NCC1CN(Cc2ccc(F)cc2)CCO1. The molecule has 2 aliphatic rings. The molecular formula is C25H25ClFN3O5. The molecule has 10 heteroatoms. The number of ether oxygens (including phenoxy) is 2. The normalized spacial score (nSPS) is 18.3. The first-order chi connectivity index (χ1) is 16.9. The minimum absolute atomic E-state index is 0.0726. The Morgan fingerprint density at radius 2 is 1.91 bits per heavy atom. The summed E-state index contributed by atoms with van der Waals surface area (Å²) in [6.45, 7) is 4.79. The average molecular weight is 502 g/mol. The summed E-state index contributed by atoms with van der Waals surface area (Å²) in [5.41, 5.74) is 1.34. The minimum Gasteiger partial charge on any atom is -0.493 e. The van der Waals surface area contributed by atoms with Crippen molar-refractivity contribution in [2.75, 3.05) is 37.7 Å². The zero-order chi connectivity index (χ0) is 24.9. The molecule has 2 aliphatic heterocycles. The largest absolute Gasteiger partial charge is 0.493 e. The summed E-state index contributed by atoms with van der Waals surface area (Å²) in [7, 11) is 0. The number of halogens is 2. The van der Waals surface area contributed by atoms with Crippen molar-refractivity contribution in [3.63, 3.8) is 0 Å². The molecule has 0 aromatic heterocycles. The van der Waals surface area contributed by atoms with Crippen LogP contribution in [0, 0.1) is 5.82 Å². The third-order valence-electron chi connectivity index (χ3n) is 5.68. The fourth-order valence-corrected chi connectivity index (χ4v) is 4.25. The number of benzene rings is 2. The molecular weight excluding hydrogens is 477 g/mol. The maximum Gasteiger partial charge on any atom is 0.258 e. The summed E-state index contributed by atoms with van der Waals surface area (Å²) >= 11 is 6.35. The highest BCUT2D eigenvalue weighted by molar-refractivity contribution is 6.37. The van der Waals surface area contributed by atoms with Crippen LogP contribution in [0.5, 0.6) is 5.75 Å². The van der Waals surface area contributed by atoms with Gasteiger partial charge < -0.3 is 14.8 Å². The molecule has 2 heterocycles. The molecule has 3 amide bonds. The lowest BCUT2D eigenvalue weighted by Crippen LogP contribution is -2.47. The summed E-state index contributed by atoms with van der Waals surface area (Å²) in [5, 5.41) is 2.93. The van der Waals surface area contributed by atoms with Gasteiger partial charge in [-0.25, -0.2) is 9.29 Å². The quantitative estimate of drug-likeness (QED) is 0.560. The lowest BCUT2D eigenvalue weighted by Gasteiger charge is -2.33. The van der Waals surface area contributed by atoms with Crippen molar-refractivity contribution in [3.05, 3.63) is 70.5 Å². The fraction of sp³-hybridized carbons (Fsp3) is 0.320. The first kappa shape index (κ1) is 24.8. The molecule has 4 rings (SSSR count). The average Bonchev–Trinajstić information content (AvgIpc) is 3.18. The van der Waals surface area contributed by atoms with Gasteiger partial charge in [-0.2, -0.15) is 0 Å². The number of amides is 3. The molecule has 8 nitrogen and oxygen atoms in total. The van der Waals surface area contributed by atoms with E-state index in [2.05, 4.69) is 10.2 Å². The van der Waals surface area contributed by atoms with Crippen LogP contribution in [0.3, 0.4) is 0 Å². The van der Waals surface area contributed by atoms with Gasteiger partial charge in [0.05, 0.1) is 35.6 Å². The smallest absolute Gasteiger partial charge is 0.258 e. The van der Waals surface area contributed by atoms with Crippen LogP contribution in [0.15, 0.2) is 48.6 Å². The Labute approximate surface area is 207 Å². The van der Waals surface area contributed by atoms with E-state index >= 15 is 0 Å². The summed E-state index contributed by atoms with van der Waals surface area (Å²) in [6.07, 6.45) is 2.08. The number of nitrogens with zero attached hydrogens (tertiary/aromatic N) is 2. The van der Waals surface area contributed by atoms with E-state index in [-0.39, 0.29) is 47.1 Å². The zero-order valence-electron chi connectivity index (χ0n) is 19.1. The van der Waals surface area contributed by atoms with Crippen LogP contribution in [0.1, 0.15) is 22.8 Å². The Kier molecular flexibility index (Phi) is 7.80. The first-order valence-electron chi connectivity index (χ1n) is 11.2. The van der Waals surface area contributed by atoms with Gasteiger partial charge in [0, 0.05) is 44.4 Å². The number of hydrogen-bond acceptors (Lipinski definition) is 6. The number of anilines is 1. The van der Waals surface area contributed by atoms with E-state index in [4.69, 9.17) is 21.1 Å². The predicted octanol–water partition coefficient (Wildman–Crippen LogP) is 2.94. The molecule has 2 aromatic carbocycles. The number of nitrogens with one attached hydrogen (secondary N) is 1. The Morgan fingerprint density at radius 3 is 2.60 bits per heavy atom. The maximum atomic E-state index is 13.2. The van der Waals surface area contributed by atoms with E-state index in [0.29, 0.717) is 19.7 Å². The van der Waals surface area contributed by atoms with Crippen LogP contribution >= 0.6 is 11.6 Å². The van der Waals surface area contributed by atoms with Gasteiger partial charge in [0.15, 0.2) is 0 Å². The van der Waals surface area contributed by atoms with Gasteiger partial charge in [-0.3, -0.25) is 19.3 Å². The third kappa shape index (κ3) is 5.87. The molecule has 184 valence electrons. The van der Waals surface area contributed by atoms with Crippen LogP contribution in [0.2, 0.25) is 5.02 Å². The molecule has 0 radical (unpaired) electrons. The molecule has 1 fully saturated rings. The van der Waals surface area contributed by atoms with Crippen molar-refractivity contribution < 1.29 is 28.2 Å². The van der Waals surface area contributed by atoms with Crippen molar-refractivity contribution in [2.45, 2.75) is 19.6 Å². The summed E-state index contributed by atoms with van der Waals surface area (Å²) in [6, 6.07) is 9.19. The first-order valence-corrected chi connectivity index (χ1v) is 11.6. The number of imide groups is 1. The predicted molar refractivity (Wildman–Crippen MR) is 128 cm³/mol.